The average molecular weight is 417 g/mol. The maximum atomic E-state index is 4.86. The molecule has 106 valence electrons. The summed E-state index contributed by atoms with van der Waals surface area (Å²) in [4.78, 5) is 10.8. The molecule has 0 saturated heterocycles. The summed E-state index contributed by atoms with van der Waals surface area (Å²) in [6.45, 7) is 3.13. The Morgan fingerprint density at radius 1 is 1.45 bits per heavy atom. The van der Waals surface area contributed by atoms with Crippen molar-refractivity contribution in [3.8, 4) is 10.7 Å². The first kappa shape index (κ1) is 14.6. The van der Waals surface area contributed by atoms with Crippen LogP contribution in [0.5, 0.6) is 0 Å². The van der Waals surface area contributed by atoms with Crippen molar-refractivity contribution in [3.63, 3.8) is 0 Å². The van der Waals surface area contributed by atoms with Crippen molar-refractivity contribution in [1.82, 2.24) is 15.3 Å². The molecule has 3 rings (SSSR count). The lowest BCUT2D eigenvalue weighted by Gasteiger charge is -2.21. The summed E-state index contributed by atoms with van der Waals surface area (Å²) in [6.07, 6.45) is 5.38. The van der Waals surface area contributed by atoms with E-state index in [9.17, 15) is 0 Å². The van der Waals surface area contributed by atoms with Gasteiger partial charge < -0.3 is 5.32 Å². The number of nitrogens with zero attached hydrogens (tertiary/aromatic N) is 2. The molecular weight excluding hydrogens is 402 g/mol. The van der Waals surface area contributed by atoms with Crippen molar-refractivity contribution < 1.29 is 0 Å². The van der Waals surface area contributed by atoms with Crippen LogP contribution in [0.1, 0.15) is 36.4 Å². The number of hydrogen-bond acceptors (Lipinski definition) is 4. The lowest BCUT2D eigenvalue weighted by Crippen LogP contribution is -2.24. The lowest BCUT2D eigenvalue weighted by atomic mass is 9.98. The normalized spacial score (nSPS) is 18.1. The van der Waals surface area contributed by atoms with E-state index in [0.29, 0.717) is 6.04 Å². The Labute approximate surface area is 139 Å². The van der Waals surface area contributed by atoms with Crippen molar-refractivity contribution in [2.24, 2.45) is 0 Å². The molecule has 3 nitrogen and oxygen atoms in total. The fraction of sp³-hybridized carbons (Fsp3) is 0.429. The molecule has 0 spiro atoms. The molecule has 1 N–H and O–H groups in total. The molecule has 2 aromatic heterocycles. The number of hydrogen-bond donors (Lipinski definition) is 1. The molecule has 2 aromatic rings. The maximum Gasteiger partial charge on any atom is 0.143 e. The smallest absolute Gasteiger partial charge is 0.143 e. The van der Waals surface area contributed by atoms with Crippen molar-refractivity contribution in [3.05, 3.63) is 31.8 Å². The fourth-order valence-corrected chi connectivity index (χ4v) is 5.02. The van der Waals surface area contributed by atoms with Crippen LogP contribution in [0.15, 0.2) is 21.2 Å². The first-order valence-corrected chi connectivity index (χ1v) is 9.13. The zero-order valence-corrected chi connectivity index (χ0v) is 15.1. The summed E-state index contributed by atoms with van der Waals surface area (Å²) < 4.78 is 1.96. The molecule has 6 heteroatoms. The molecule has 0 amide bonds. The van der Waals surface area contributed by atoms with Gasteiger partial charge in [-0.3, -0.25) is 4.98 Å². The molecule has 0 bridgehead atoms. The zero-order chi connectivity index (χ0) is 14.1. The van der Waals surface area contributed by atoms with Gasteiger partial charge in [0.2, 0.25) is 0 Å². The van der Waals surface area contributed by atoms with Gasteiger partial charge in [0.1, 0.15) is 10.7 Å². The van der Waals surface area contributed by atoms with E-state index in [1.165, 1.54) is 23.4 Å². The van der Waals surface area contributed by atoms with Crippen LogP contribution in [-0.2, 0) is 6.42 Å². The Hall–Kier alpha value is -0.300. The van der Waals surface area contributed by atoms with E-state index in [1.54, 1.807) is 11.3 Å². The highest BCUT2D eigenvalue weighted by atomic mass is 79.9. The van der Waals surface area contributed by atoms with E-state index in [0.717, 1.165) is 32.6 Å². The Bertz CT molecular complexity index is 627. The van der Waals surface area contributed by atoms with E-state index in [4.69, 9.17) is 4.98 Å². The SMILES string of the molecule is CCNC1CCCc2sc(-c3ncc(Br)cc3Br)nc21. The number of aromatic nitrogens is 2. The van der Waals surface area contributed by atoms with E-state index >= 15 is 0 Å². The van der Waals surface area contributed by atoms with Gasteiger partial charge in [0.05, 0.1) is 11.7 Å². The molecule has 0 aromatic carbocycles. The van der Waals surface area contributed by atoms with E-state index in [1.807, 2.05) is 12.3 Å². The van der Waals surface area contributed by atoms with Gasteiger partial charge in [-0.15, -0.1) is 11.3 Å². The standard InChI is InChI=1S/C14H15Br2N3S/c1-2-17-10-4-3-5-11-13(10)19-14(20-11)12-9(16)6-8(15)7-18-12/h6-7,10,17H,2-5H2,1H3. The van der Waals surface area contributed by atoms with Gasteiger partial charge in [-0.1, -0.05) is 6.92 Å². The summed E-state index contributed by atoms with van der Waals surface area (Å²) in [5.41, 5.74) is 2.16. The molecule has 0 fully saturated rings. The minimum Gasteiger partial charge on any atom is -0.309 e. The minimum absolute atomic E-state index is 0.406. The number of aryl methyl sites for hydroxylation is 1. The summed E-state index contributed by atoms with van der Waals surface area (Å²) in [7, 11) is 0. The van der Waals surface area contributed by atoms with Gasteiger partial charge in [0, 0.05) is 20.0 Å². The van der Waals surface area contributed by atoms with Crippen molar-refractivity contribution in [1.29, 1.82) is 0 Å². The number of pyridine rings is 1. The first-order valence-electron chi connectivity index (χ1n) is 6.73. The summed E-state index contributed by atoms with van der Waals surface area (Å²) in [5.74, 6) is 0. The molecule has 20 heavy (non-hydrogen) atoms. The molecule has 2 heterocycles. The molecule has 1 aliphatic rings. The van der Waals surface area contributed by atoms with Gasteiger partial charge in [0.25, 0.3) is 0 Å². The molecule has 0 aliphatic heterocycles. The third-order valence-electron chi connectivity index (χ3n) is 3.42. The molecular formula is C14H15Br2N3S. The van der Waals surface area contributed by atoms with Crippen LogP contribution in [0, 0.1) is 0 Å². The molecule has 1 aliphatic carbocycles. The van der Waals surface area contributed by atoms with E-state index in [2.05, 4.69) is 49.1 Å². The number of thiazole rings is 1. The number of nitrogens with one attached hydrogen (secondary N) is 1. The molecule has 1 atom stereocenters. The third kappa shape index (κ3) is 2.84. The van der Waals surface area contributed by atoms with Crippen molar-refractivity contribution in [2.45, 2.75) is 32.2 Å². The van der Waals surface area contributed by atoms with E-state index < -0.39 is 0 Å². The monoisotopic (exact) mass is 415 g/mol. The predicted molar refractivity (Wildman–Crippen MR) is 90.1 cm³/mol. The van der Waals surface area contributed by atoms with Gasteiger partial charge >= 0.3 is 0 Å². The van der Waals surface area contributed by atoms with Crippen LogP contribution < -0.4 is 5.32 Å². The van der Waals surface area contributed by atoms with E-state index in [-0.39, 0.29) is 0 Å². The Morgan fingerprint density at radius 2 is 2.30 bits per heavy atom. The second kappa shape index (κ2) is 6.22. The lowest BCUT2D eigenvalue weighted by molar-refractivity contribution is 0.465. The van der Waals surface area contributed by atoms with Crippen LogP contribution in [0.3, 0.4) is 0 Å². The van der Waals surface area contributed by atoms with Gasteiger partial charge in [-0.25, -0.2) is 4.98 Å². The highest BCUT2D eigenvalue weighted by Gasteiger charge is 2.25. The molecule has 0 saturated carbocycles. The summed E-state index contributed by atoms with van der Waals surface area (Å²) >= 11 is 8.80. The second-order valence-electron chi connectivity index (χ2n) is 4.81. The topological polar surface area (TPSA) is 37.8 Å². The van der Waals surface area contributed by atoms with Crippen LogP contribution in [0.25, 0.3) is 10.7 Å². The van der Waals surface area contributed by atoms with Crippen LogP contribution in [0.2, 0.25) is 0 Å². The highest BCUT2D eigenvalue weighted by Crippen LogP contribution is 2.38. The van der Waals surface area contributed by atoms with Gasteiger partial charge in [0.15, 0.2) is 0 Å². The Balaban J connectivity index is 2.00. The van der Waals surface area contributed by atoms with Crippen LogP contribution in [-0.4, -0.2) is 16.5 Å². The number of halogens is 2. The number of rotatable bonds is 3. The second-order valence-corrected chi connectivity index (χ2v) is 7.67. The summed E-state index contributed by atoms with van der Waals surface area (Å²) in [6, 6.07) is 2.42. The van der Waals surface area contributed by atoms with Gasteiger partial charge in [-0.05, 0) is 63.7 Å². The number of fused-ring (bicyclic) bond motifs is 1. The van der Waals surface area contributed by atoms with Crippen LogP contribution in [0.4, 0.5) is 0 Å². The Kier molecular flexibility index (Phi) is 4.55. The quantitative estimate of drug-likeness (QED) is 0.786. The first-order chi connectivity index (χ1) is 9.69. The third-order valence-corrected chi connectivity index (χ3v) is 5.59. The van der Waals surface area contributed by atoms with Gasteiger partial charge in [-0.2, -0.15) is 0 Å². The fourth-order valence-electron chi connectivity index (χ4n) is 2.54. The molecule has 1 unspecified atom stereocenters. The maximum absolute atomic E-state index is 4.86. The highest BCUT2D eigenvalue weighted by molar-refractivity contribution is 9.11. The zero-order valence-electron chi connectivity index (χ0n) is 11.1. The predicted octanol–water partition coefficient (Wildman–Crippen LogP) is 4.72. The Morgan fingerprint density at radius 3 is 3.05 bits per heavy atom. The van der Waals surface area contributed by atoms with Crippen molar-refractivity contribution >= 4 is 43.2 Å². The summed E-state index contributed by atoms with van der Waals surface area (Å²) in [5, 5.41) is 4.55. The van der Waals surface area contributed by atoms with Crippen molar-refractivity contribution in [2.75, 3.05) is 6.54 Å². The minimum atomic E-state index is 0.406. The molecule has 0 radical (unpaired) electrons. The van der Waals surface area contributed by atoms with Crippen LogP contribution >= 0.6 is 43.2 Å². The average Bonchev–Trinajstić information content (AvgIpc) is 2.83. The largest absolute Gasteiger partial charge is 0.309 e.